The Hall–Kier alpha value is -2.50. The summed E-state index contributed by atoms with van der Waals surface area (Å²) in [6, 6.07) is 6.39. The van der Waals surface area contributed by atoms with Crippen LogP contribution in [0.15, 0.2) is 35.4 Å². The van der Waals surface area contributed by atoms with Crippen LogP contribution in [-0.4, -0.2) is 47.6 Å². The van der Waals surface area contributed by atoms with Gasteiger partial charge in [0.25, 0.3) is 5.91 Å². The van der Waals surface area contributed by atoms with Crippen molar-refractivity contribution in [3.05, 3.63) is 41.7 Å². The summed E-state index contributed by atoms with van der Waals surface area (Å²) in [6.07, 6.45) is 3.44. The lowest BCUT2D eigenvalue weighted by Gasteiger charge is -2.28. The Bertz CT molecular complexity index is 694. The number of benzene rings is 1. The largest absolute Gasteiger partial charge is 0.333 e. The molecule has 2 heterocycles. The Labute approximate surface area is 134 Å². The summed E-state index contributed by atoms with van der Waals surface area (Å²) in [7, 11) is 1.57. The number of rotatable bonds is 2. The topological polar surface area (TPSA) is 53.0 Å². The lowest BCUT2D eigenvalue weighted by Crippen LogP contribution is -2.42. The van der Waals surface area contributed by atoms with Crippen LogP contribution in [0, 0.1) is 5.82 Å². The molecule has 2 aliphatic rings. The van der Waals surface area contributed by atoms with Gasteiger partial charge in [0.05, 0.1) is 0 Å². The highest BCUT2D eigenvalue weighted by Crippen LogP contribution is 2.23. The van der Waals surface area contributed by atoms with E-state index in [-0.39, 0.29) is 17.6 Å². The number of carbonyl (C=O) groups excluding carboxylic acids is 2. The second-order valence-electron chi connectivity index (χ2n) is 5.70. The van der Waals surface area contributed by atoms with Gasteiger partial charge < -0.3 is 4.90 Å². The highest BCUT2D eigenvalue weighted by molar-refractivity contribution is 6.39. The zero-order valence-corrected chi connectivity index (χ0v) is 13.0. The van der Waals surface area contributed by atoms with Crippen LogP contribution >= 0.6 is 0 Å². The second kappa shape index (κ2) is 6.32. The van der Waals surface area contributed by atoms with Crippen LogP contribution < -0.4 is 0 Å². The van der Waals surface area contributed by atoms with Crippen LogP contribution in [-0.2, 0) is 9.59 Å². The molecule has 2 amide bonds. The molecule has 2 aliphatic heterocycles. The maximum absolute atomic E-state index is 13.0. The molecule has 0 radical (unpaired) electrons. The van der Waals surface area contributed by atoms with E-state index in [1.165, 1.54) is 17.1 Å². The third kappa shape index (κ3) is 3.31. The third-order valence-electron chi connectivity index (χ3n) is 4.17. The van der Waals surface area contributed by atoms with Crippen LogP contribution in [0.1, 0.15) is 24.8 Å². The van der Waals surface area contributed by atoms with Gasteiger partial charge in [-0.1, -0.05) is 18.2 Å². The van der Waals surface area contributed by atoms with Crippen molar-refractivity contribution in [2.75, 3.05) is 20.1 Å². The van der Waals surface area contributed by atoms with Gasteiger partial charge in [-0.2, -0.15) is 5.10 Å². The summed E-state index contributed by atoms with van der Waals surface area (Å²) >= 11 is 0. The van der Waals surface area contributed by atoms with Crippen molar-refractivity contribution in [1.82, 2.24) is 9.91 Å². The van der Waals surface area contributed by atoms with Crippen LogP contribution in [0.4, 0.5) is 4.39 Å². The number of hydrazone groups is 1. The third-order valence-corrected chi connectivity index (χ3v) is 4.17. The van der Waals surface area contributed by atoms with E-state index in [0.29, 0.717) is 31.6 Å². The molecule has 1 aromatic rings. The molecular weight excluding hydrogens is 297 g/mol. The maximum atomic E-state index is 13.0. The van der Waals surface area contributed by atoms with Gasteiger partial charge in [-0.3, -0.25) is 9.59 Å². The number of amides is 2. The molecule has 0 spiro atoms. The van der Waals surface area contributed by atoms with Gasteiger partial charge in [0, 0.05) is 33.0 Å². The van der Waals surface area contributed by atoms with Gasteiger partial charge in [0.1, 0.15) is 11.5 Å². The molecule has 0 unspecified atom stereocenters. The first-order chi connectivity index (χ1) is 11.0. The first-order valence-corrected chi connectivity index (χ1v) is 7.63. The molecule has 3 rings (SSSR count). The van der Waals surface area contributed by atoms with Crippen molar-refractivity contribution < 1.29 is 14.0 Å². The molecule has 5 nitrogen and oxygen atoms in total. The fourth-order valence-corrected chi connectivity index (χ4v) is 2.79. The first-order valence-electron chi connectivity index (χ1n) is 7.63. The highest BCUT2D eigenvalue weighted by Gasteiger charge is 2.26. The summed E-state index contributed by atoms with van der Waals surface area (Å²) in [5, 5.41) is 5.31. The summed E-state index contributed by atoms with van der Waals surface area (Å²) in [4.78, 5) is 25.6. The fourth-order valence-electron chi connectivity index (χ4n) is 2.79. The van der Waals surface area contributed by atoms with Crippen molar-refractivity contribution in [2.24, 2.45) is 5.10 Å². The highest BCUT2D eigenvalue weighted by atomic mass is 19.1. The Morgan fingerprint density at radius 2 is 1.91 bits per heavy atom. The molecule has 1 aromatic carbocycles. The van der Waals surface area contributed by atoms with Gasteiger partial charge in [-0.15, -0.1) is 0 Å². The summed E-state index contributed by atoms with van der Waals surface area (Å²) < 4.78 is 13.0. The van der Waals surface area contributed by atoms with Crippen LogP contribution in [0.5, 0.6) is 0 Å². The lowest BCUT2D eigenvalue weighted by molar-refractivity contribution is -0.130. The van der Waals surface area contributed by atoms with Gasteiger partial charge in [-0.05, 0) is 29.7 Å². The van der Waals surface area contributed by atoms with E-state index < -0.39 is 0 Å². The Morgan fingerprint density at radius 3 is 2.52 bits per heavy atom. The minimum absolute atomic E-state index is 0.0707. The second-order valence-corrected chi connectivity index (χ2v) is 5.70. The number of carbonyl (C=O) groups is 2. The summed E-state index contributed by atoms with van der Waals surface area (Å²) in [5.41, 5.74) is 2.54. The number of hydrogen-bond acceptors (Lipinski definition) is 3. The Kier molecular flexibility index (Phi) is 4.23. The molecular formula is C17H18FN3O2. The average molecular weight is 315 g/mol. The Morgan fingerprint density at radius 1 is 1.17 bits per heavy atom. The van der Waals surface area contributed by atoms with E-state index in [9.17, 15) is 14.0 Å². The number of hydrogen-bond donors (Lipinski definition) is 0. The molecule has 0 saturated heterocycles. The molecule has 0 aliphatic carbocycles. The molecule has 120 valence electrons. The molecule has 0 N–H and O–H groups in total. The number of halogens is 1. The van der Waals surface area contributed by atoms with Crippen molar-refractivity contribution in [3.8, 4) is 0 Å². The summed E-state index contributed by atoms with van der Waals surface area (Å²) in [6.45, 7) is 1.10. The van der Waals surface area contributed by atoms with Crippen molar-refractivity contribution in [3.63, 3.8) is 0 Å². The van der Waals surface area contributed by atoms with Crippen LogP contribution in [0.2, 0.25) is 0 Å². The molecule has 0 bridgehead atoms. The fraction of sp³-hybridized carbons (Fsp3) is 0.353. The molecule has 0 aromatic heterocycles. The smallest absolute Gasteiger partial charge is 0.270 e. The Balaban J connectivity index is 1.68. The van der Waals surface area contributed by atoms with E-state index >= 15 is 0 Å². The zero-order valence-electron chi connectivity index (χ0n) is 13.0. The van der Waals surface area contributed by atoms with E-state index in [2.05, 4.69) is 5.10 Å². The lowest BCUT2D eigenvalue weighted by atomic mass is 9.99. The number of nitrogens with zero attached hydrogens (tertiary/aromatic N) is 3. The predicted octanol–water partition coefficient (Wildman–Crippen LogP) is 2.05. The van der Waals surface area contributed by atoms with Gasteiger partial charge in [0.15, 0.2) is 0 Å². The van der Waals surface area contributed by atoms with Crippen molar-refractivity contribution >= 4 is 23.1 Å². The van der Waals surface area contributed by atoms with Crippen LogP contribution in [0.3, 0.4) is 0 Å². The molecule has 6 heteroatoms. The molecule has 0 atom stereocenters. The van der Waals surface area contributed by atoms with Crippen molar-refractivity contribution in [1.29, 1.82) is 0 Å². The minimum atomic E-state index is -0.254. The molecule has 0 saturated carbocycles. The first kappa shape index (κ1) is 15.4. The quantitative estimate of drug-likeness (QED) is 0.839. The zero-order chi connectivity index (χ0) is 16.4. The molecule has 23 heavy (non-hydrogen) atoms. The van der Waals surface area contributed by atoms with Gasteiger partial charge in [0.2, 0.25) is 5.91 Å². The van der Waals surface area contributed by atoms with Gasteiger partial charge in [-0.25, -0.2) is 9.40 Å². The van der Waals surface area contributed by atoms with Gasteiger partial charge >= 0.3 is 0 Å². The normalized spacial score (nSPS) is 18.6. The van der Waals surface area contributed by atoms with E-state index in [1.807, 2.05) is 6.08 Å². The minimum Gasteiger partial charge on any atom is -0.333 e. The summed E-state index contributed by atoms with van der Waals surface area (Å²) in [5.74, 6) is -0.437. The van der Waals surface area contributed by atoms with Crippen LogP contribution in [0.25, 0.3) is 5.57 Å². The standard InChI is InChI=1S/C17H18FN3O2/c1-20-16(22)7-6-15(19-20)17(23)21-10-8-13(9-11-21)12-2-4-14(18)5-3-12/h2-5,8H,6-7,9-11H2,1H3. The van der Waals surface area contributed by atoms with Crippen molar-refractivity contribution in [2.45, 2.75) is 19.3 Å². The van der Waals surface area contributed by atoms with E-state index in [0.717, 1.165) is 17.6 Å². The monoisotopic (exact) mass is 315 g/mol. The van der Waals surface area contributed by atoms with E-state index in [4.69, 9.17) is 0 Å². The van der Waals surface area contributed by atoms with E-state index in [1.54, 1.807) is 24.1 Å². The maximum Gasteiger partial charge on any atom is 0.270 e. The molecule has 0 fully saturated rings. The predicted molar refractivity (Wildman–Crippen MR) is 85.0 cm³/mol. The SMILES string of the molecule is CN1N=C(C(=O)N2CC=C(c3ccc(F)cc3)CC2)CCC1=O. The average Bonchev–Trinajstić information content (AvgIpc) is 2.57.